The Morgan fingerprint density at radius 2 is 1.20 bits per heavy atom. The summed E-state index contributed by atoms with van der Waals surface area (Å²) in [6.45, 7) is 2.22. The van der Waals surface area contributed by atoms with E-state index in [1.54, 1.807) is 0 Å². The lowest BCUT2D eigenvalue weighted by atomic mass is 9.99. The molecule has 298 valence electrons. The van der Waals surface area contributed by atoms with E-state index in [9.17, 15) is 9.59 Å². The first-order valence-corrected chi connectivity index (χ1v) is 16.6. The number of methoxy groups -OCH3 is 1. The number of aldehydes is 1. The minimum absolute atomic E-state index is 0. The van der Waals surface area contributed by atoms with Gasteiger partial charge in [-0.25, -0.2) is 9.59 Å². The lowest BCUT2D eigenvalue weighted by Gasteiger charge is -2.21. The van der Waals surface area contributed by atoms with Gasteiger partial charge in [-0.15, -0.1) is 12.4 Å². The molecule has 2 atom stereocenters. The summed E-state index contributed by atoms with van der Waals surface area (Å²) in [5.74, 6) is -2.49. The molecule has 3 aromatic heterocycles. The van der Waals surface area contributed by atoms with E-state index >= 15 is 0 Å². The van der Waals surface area contributed by atoms with Crippen LogP contribution in [0.3, 0.4) is 0 Å². The van der Waals surface area contributed by atoms with Gasteiger partial charge in [0, 0.05) is 70.5 Å². The van der Waals surface area contributed by atoms with Crippen LogP contribution in [0.5, 0.6) is 0 Å². The molecule has 14 nitrogen and oxygen atoms in total. The van der Waals surface area contributed by atoms with E-state index in [4.69, 9.17) is 35.4 Å². The molecule has 0 spiro atoms. The number of H-pyrrole nitrogens is 3. The van der Waals surface area contributed by atoms with Crippen molar-refractivity contribution < 1.29 is 39.2 Å². The molecule has 0 amide bonds. The molecule has 0 bridgehead atoms. The number of benzene rings is 3. The van der Waals surface area contributed by atoms with E-state index in [2.05, 4.69) is 49.9 Å². The molecule has 2 aliphatic heterocycles. The number of carboxylic acid groups (broad SMARTS) is 2. The fraction of sp³-hybridized carbons (Fsp3) is 0.300. The van der Waals surface area contributed by atoms with Crippen molar-refractivity contribution in [3.63, 3.8) is 0 Å². The number of carboxylic acids is 2. The second kappa shape index (κ2) is 23.3. The van der Waals surface area contributed by atoms with E-state index in [1.807, 2.05) is 54.7 Å². The van der Waals surface area contributed by atoms with Crippen molar-refractivity contribution in [1.29, 1.82) is 0 Å². The van der Waals surface area contributed by atoms with Gasteiger partial charge in [-0.2, -0.15) is 0 Å². The molecule has 2 unspecified atom stereocenters. The topological polar surface area (TPSA) is 236 Å². The largest absolute Gasteiger partial charge is 0.480 e. The molecule has 15 heteroatoms. The standard InChI is InChI=1S/C13H14N2O2.C12H12N2O2.C10H12N2.C2H2O3.CH4O.2CH4.ClH/c1-17-13(16)12-11-9(6-7-14-12)8-4-2-3-5-10(8)15-11;15-12(16)11-10-8(5-6-13-11)7-3-1-2-4-9(7)14-10;11-6-5-8-7-12-10-4-2-1-3-9(8)10;3-1-2(4)5;1-2;;;/h2-5,12,14-15H,6-7H2,1H3;1-4,11,13-14H,5-6H2,(H,15,16);1-4,7,12H,5-6,11H2;1H,(H,4,5);2H,1H3;2*1H4;1H. The highest BCUT2D eigenvalue weighted by Crippen LogP contribution is 2.31. The molecular formula is C40H53ClN6O8. The number of hydrogen-bond donors (Lipinski definition) is 9. The van der Waals surface area contributed by atoms with Crippen molar-refractivity contribution in [2.24, 2.45) is 5.73 Å². The van der Waals surface area contributed by atoms with Crippen molar-refractivity contribution >= 4 is 69.3 Å². The molecule has 0 saturated heterocycles. The van der Waals surface area contributed by atoms with Crippen LogP contribution >= 0.6 is 12.4 Å². The number of aliphatic carboxylic acids is 2. The quantitative estimate of drug-likeness (QED) is 0.0626. The van der Waals surface area contributed by atoms with Crippen LogP contribution in [0, 0.1) is 0 Å². The fourth-order valence-electron chi connectivity index (χ4n) is 6.38. The Kier molecular flexibility index (Phi) is 20.1. The summed E-state index contributed by atoms with van der Waals surface area (Å²) in [5.41, 5.74) is 14.2. The number of aliphatic hydroxyl groups excluding tert-OH is 1. The summed E-state index contributed by atoms with van der Waals surface area (Å²) < 4.78 is 4.82. The van der Waals surface area contributed by atoms with Crippen molar-refractivity contribution in [3.05, 3.63) is 107 Å². The zero-order valence-corrected chi connectivity index (χ0v) is 30.2. The maximum Gasteiger partial charge on any atom is 0.368 e. The number of ether oxygens (including phenoxy) is 1. The van der Waals surface area contributed by atoms with Gasteiger partial charge in [-0.3, -0.25) is 20.2 Å². The number of nitrogens with one attached hydrogen (secondary N) is 5. The van der Waals surface area contributed by atoms with Crippen LogP contribution < -0.4 is 16.4 Å². The first kappa shape index (κ1) is 47.5. The molecule has 0 radical (unpaired) electrons. The smallest absolute Gasteiger partial charge is 0.368 e. The van der Waals surface area contributed by atoms with Gasteiger partial charge in [0.1, 0.15) is 12.1 Å². The summed E-state index contributed by atoms with van der Waals surface area (Å²) in [6.07, 6.45) is 4.64. The van der Waals surface area contributed by atoms with E-state index < -0.39 is 18.0 Å². The van der Waals surface area contributed by atoms with Gasteiger partial charge in [0.15, 0.2) is 0 Å². The Labute approximate surface area is 326 Å². The van der Waals surface area contributed by atoms with E-state index in [-0.39, 0.29) is 45.6 Å². The zero-order valence-electron chi connectivity index (χ0n) is 29.3. The number of carbonyl (C=O) groups is 4. The van der Waals surface area contributed by atoms with Gasteiger partial charge in [0.25, 0.3) is 0 Å². The molecular weight excluding hydrogens is 728 g/mol. The Hall–Kier alpha value is -5.51. The van der Waals surface area contributed by atoms with Gasteiger partial charge < -0.3 is 40.7 Å². The van der Waals surface area contributed by atoms with E-state index in [1.165, 1.54) is 34.5 Å². The molecule has 10 N–H and O–H groups in total. The predicted octanol–water partition coefficient (Wildman–Crippen LogP) is 5.21. The lowest BCUT2D eigenvalue weighted by molar-refractivity contribution is -0.144. The Morgan fingerprint density at radius 3 is 1.65 bits per heavy atom. The van der Waals surface area contributed by atoms with Crippen LogP contribution in [0.25, 0.3) is 32.7 Å². The van der Waals surface area contributed by atoms with Crippen LogP contribution in [-0.4, -0.2) is 88.3 Å². The van der Waals surface area contributed by atoms with Crippen LogP contribution in [0.1, 0.15) is 55.0 Å². The Bertz CT molecular complexity index is 2120. The summed E-state index contributed by atoms with van der Waals surface area (Å²) in [7, 11) is 2.42. The van der Waals surface area contributed by atoms with Gasteiger partial charge in [-0.05, 0) is 60.7 Å². The number of carbonyl (C=O) groups excluding carboxylic acids is 2. The minimum atomic E-state index is -1.43. The van der Waals surface area contributed by atoms with Gasteiger partial charge >= 0.3 is 17.9 Å². The monoisotopic (exact) mass is 780 g/mol. The van der Waals surface area contributed by atoms with Crippen LogP contribution in [0.4, 0.5) is 0 Å². The van der Waals surface area contributed by atoms with Gasteiger partial charge in [0.2, 0.25) is 6.29 Å². The number of aromatic nitrogens is 3. The third-order valence-corrected chi connectivity index (χ3v) is 8.59. The minimum Gasteiger partial charge on any atom is -0.480 e. The van der Waals surface area contributed by atoms with Gasteiger partial charge in [-0.1, -0.05) is 69.5 Å². The van der Waals surface area contributed by atoms with Crippen LogP contribution in [0.2, 0.25) is 0 Å². The number of hydrogen-bond acceptors (Lipinski definition) is 9. The molecule has 0 saturated carbocycles. The number of nitrogens with two attached hydrogens (primary N) is 1. The molecule has 2 aliphatic rings. The Morgan fingerprint density at radius 1 is 0.764 bits per heavy atom. The third kappa shape index (κ3) is 11.5. The number of esters is 1. The van der Waals surface area contributed by atoms with Crippen molar-refractivity contribution in [2.45, 2.75) is 46.2 Å². The zero-order chi connectivity index (χ0) is 37.6. The number of fused-ring (bicyclic) bond motifs is 7. The molecule has 0 aliphatic carbocycles. The van der Waals surface area contributed by atoms with Crippen LogP contribution in [0.15, 0.2) is 79.0 Å². The van der Waals surface area contributed by atoms with Crippen molar-refractivity contribution in [2.75, 3.05) is 33.9 Å². The predicted molar refractivity (Wildman–Crippen MR) is 219 cm³/mol. The number of para-hydroxylation sites is 3. The average Bonchev–Trinajstić information content (AvgIpc) is 3.89. The second-order valence-electron chi connectivity index (χ2n) is 11.6. The summed E-state index contributed by atoms with van der Waals surface area (Å²) in [4.78, 5) is 50.5. The number of aliphatic hydroxyl groups is 1. The summed E-state index contributed by atoms with van der Waals surface area (Å²) in [5, 5.41) is 33.3. The fourth-order valence-corrected chi connectivity index (χ4v) is 6.38. The highest BCUT2D eigenvalue weighted by molar-refractivity contribution is 6.19. The second-order valence-corrected chi connectivity index (χ2v) is 11.6. The highest BCUT2D eigenvalue weighted by atomic mass is 35.5. The first-order valence-electron chi connectivity index (χ1n) is 16.6. The molecule has 0 fully saturated rings. The molecule has 8 rings (SSSR count). The van der Waals surface area contributed by atoms with Gasteiger partial charge in [0.05, 0.1) is 7.11 Å². The maximum absolute atomic E-state index is 11.7. The van der Waals surface area contributed by atoms with Crippen molar-refractivity contribution in [3.8, 4) is 0 Å². The molecule has 55 heavy (non-hydrogen) atoms. The Balaban J connectivity index is 0.000000375. The lowest BCUT2D eigenvalue weighted by Crippen LogP contribution is -2.35. The highest BCUT2D eigenvalue weighted by Gasteiger charge is 2.30. The van der Waals surface area contributed by atoms with E-state index in [0.29, 0.717) is 13.1 Å². The average molecular weight is 781 g/mol. The molecule has 5 heterocycles. The number of rotatable bonds is 5. The summed E-state index contributed by atoms with van der Waals surface area (Å²) >= 11 is 0. The third-order valence-electron chi connectivity index (χ3n) is 8.59. The van der Waals surface area contributed by atoms with Crippen molar-refractivity contribution in [1.82, 2.24) is 25.6 Å². The van der Waals surface area contributed by atoms with Crippen LogP contribution in [-0.2, 0) is 43.2 Å². The summed E-state index contributed by atoms with van der Waals surface area (Å²) in [6, 6.07) is 23.4. The molecule has 6 aromatic rings. The molecule has 3 aromatic carbocycles. The van der Waals surface area contributed by atoms with E-state index in [0.717, 1.165) is 66.3 Å². The number of halogens is 1. The normalized spacial score (nSPS) is 14.6. The SMILES string of the molecule is C.C.CO.COC(=O)C1NCCc2c1[nH]c1ccccc21.Cl.NCCc1c[nH]c2ccccc12.O=C(O)C1NCCc2c1[nH]c1ccccc21.O=CC(=O)O. The first-order chi connectivity index (χ1) is 25.3. The maximum atomic E-state index is 11.7. The number of aromatic amines is 3.